The van der Waals surface area contributed by atoms with E-state index in [0.29, 0.717) is 11.1 Å². The molecule has 0 unspecified atom stereocenters. The lowest BCUT2D eigenvalue weighted by Gasteiger charge is -2.63. The number of carbonyl (C=O) groups excluding carboxylic acids is 1. The zero-order chi connectivity index (χ0) is 22.3. The van der Waals surface area contributed by atoms with Gasteiger partial charge in [0.25, 0.3) is 5.91 Å². The van der Waals surface area contributed by atoms with Crippen molar-refractivity contribution in [2.75, 3.05) is 0 Å². The standard InChI is InChI=1S/C24H30N4O2/c1-14(2)19-26-12-17(13-27-19)20(29)28-21-23(4,5)22(24(21,6)7)30-18-9-8-16(11-25)15(3)10-18/h8-10,12-14,21-22H,1-7H3,(H,28,29). The van der Waals surface area contributed by atoms with Crippen molar-refractivity contribution in [3.8, 4) is 11.8 Å². The van der Waals surface area contributed by atoms with Gasteiger partial charge in [0.1, 0.15) is 17.7 Å². The van der Waals surface area contributed by atoms with Gasteiger partial charge in [0.2, 0.25) is 0 Å². The van der Waals surface area contributed by atoms with Crippen molar-refractivity contribution in [1.29, 1.82) is 5.26 Å². The van der Waals surface area contributed by atoms with Gasteiger partial charge in [-0.2, -0.15) is 5.26 Å². The first-order chi connectivity index (χ1) is 14.0. The second-order valence-electron chi connectivity index (χ2n) is 9.62. The molecule has 1 fully saturated rings. The molecule has 1 aromatic carbocycles. The topological polar surface area (TPSA) is 87.9 Å². The number of carbonyl (C=O) groups is 1. The maximum atomic E-state index is 12.8. The van der Waals surface area contributed by atoms with Gasteiger partial charge in [-0.3, -0.25) is 4.79 Å². The Bertz CT molecular complexity index is 971. The maximum absolute atomic E-state index is 12.8. The van der Waals surface area contributed by atoms with Gasteiger partial charge in [0.05, 0.1) is 17.2 Å². The summed E-state index contributed by atoms with van der Waals surface area (Å²) in [5.41, 5.74) is 1.43. The third kappa shape index (κ3) is 3.77. The van der Waals surface area contributed by atoms with Crippen LogP contribution in [0.15, 0.2) is 30.6 Å². The van der Waals surface area contributed by atoms with E-state index in [-0.39, 0.29) is 34.8 Å². The number of nitrogens with one attached hydrogen (secondary N) is 1. The van der Waals surface area contributed by atoms with E-state index in [0.717, 1.165) is 17.1 Å². The SMILES string of the molecule is Cc1cc(OC2C(C)(C)C(NC(=O)c3cnc(C(C)C)nc3)C2(C)C)ccc1C#N. The Kier molecular flexibility index (Phi) is 5.60. The molecule has 1 saturated carbocycles. The Labute approximate surface area is 178 Å². The molecule has 0 aliphatic heterocycles. The van der Waals surface area contributed by atoms with Crippen molar-refractivity contribution >= 4 is 5.91 Å². The van der Waals surface area contributed by atoms with Crippen LogP contribution in [0.3, 0.4) is 0 Å². The first-order valence-corrected chi connectivity index (χ1v) is 10.3. The van der Waals surface area contributed by atoms with Crippen molar-refractivity contribution in [3.63, 3.8) is 0 Å². The molecule has 1 amide bonds. The van der Waals surface area contributed by atoms with Crippen LogP contribution in [0, 0.1) is 29.1 Å². The molecular weight excluding hydrogens is 376 g/mol. The molecule has 1 aromatic heterocycles. The molecule has 2 aromatic rings. The van der Waals surface area contributed by atoms with Crippen LogP contribution in [0.5, 0.6) is 5.75 Å². The highest BCUT2D eigenvalue weighted by Crippen LogP contribution is 2.55. The molecule has 0 spiro atoms. The molecule has 0 saturated heterocycles. The van der Waals surface area contributed by atoms with Gasteiger partial charge in [-0.1, -0.05) is 41.5 Å². The summed E-state index contributed by atoms with van der Waals surface area (Å²) in [7, 11) is 0. The summed E-state index contributed by atoms with van der Waals surface area (Å²) in [6.45, 7) is 14.3. The van der Waals surface area contributed by atoms with Gasteiger partial charge >= 0.3 is 0 Å². The van der Waals surface area contributed by atoms with Crippen molar-refractivity contribution < 1.29 is 9.53 Å². The zero-order valence-electron chi connectivity index (χ0n) is 18.8. The molecule has 6 heteroatoms. The van der Waals surface area contributed by atoms with Gasteiger partial charge < -0.3 is 10.1 Å². The highest BCUT2D eigenvalue weighted by atomic mass is 16.5. The molecular formula is C24H30N4O2. The summed E-state index contributed by atoms with van der Waals surface area (Å²) in [6.07, 6.45) is 3.08. The van der Waals surface area contributed by atoms with E-state index >= 15 is 0 Å². The number of ether oxygens (including phenoxy) is 1. The maximum Gasteiger partial charge on any atom is 0.254 e. The zero-order valence-corrected chi connectivity index (χ0v) is 18.8. The highest BCUT2D eigenvalue weighted by Gasteiger charge is 2.64. The molecule has 1 N–H and O–H groups in total. The van der Waals surface area contributed by atoms with Crippen LogP contribution >= 0.6 is 0 Å². The van der Waals surface area contributed by atoms with Crippen LogP contribution < -0.4 is 10.1 Å². The Morgan fingerprint density at radius 2 is 1.77 bits per heavy atom. The third-order valence-corrected chi connectivity index (χ3v) is 6.14. The van der Waals surface area contributed by atoms with Crippen LogP contribution in [0.2, 0.25) is 0 Å². The predicted molar refractivity (Wildman–Crippen MR) is 115 cm³/mol. The van der Waals surface area contributed by atoms with Gasteiger partial charge in [-0.25, -0.2) is 9.97 Å². The summed E-state index contributed by atoms with van der Waals surface area (Å²) in [5, 5.41) is 12.3. The van der Waals surface area contributed by atoms with Crippen LogP contribution in [0.4, 0.5) is 0 Å². The van der Waals surface area contributed by atoms with Gasteiger partial charge in [-0.05, 0) is 30.7 Å². The molecule has 0 bridgehead atoms. The van der Waals surface area contributed by atoms with Gasteiger partial charge in [0.15, 0.2) is 0 Å². The molecule has 1 aliphatic rings. The van der Waals surface area contributed by atoms with E-state index in [2.05, 4.69) is 49.0 Å². The first kappa shape index (κ1) is 21.8. The van der Waals surface area contributed by atoms with E-state index in [1.54, 1.807) is 18.5 Å². The normalized spacial score (nSPS) is 21.4. The summed E-state index contributed by atoms with van der Waals surface area (Å²) >= 11 is 0. The molecule has 30 heavy (non-hydrogen) atoms. The minimum atomic E-state index is -0.278. The average molecular weight is 407 g/mol. The average Bonchev–Trinajstić information content (AvgIpc) is 2.69. The van der Waals surface area contributed by atoms with E-state index in [1.165, 1.54) is 0 Å². The number of nitriles is 1. The van der Waals surface area contributed by atoms with Crippen LogP contribution in [0.1, 0.15) is 74.8 Å². The Morgan fingerprint density at radius 3 is 2.27 bits per heavy atom. The first-order valence-electron chi connectivity index (χ1n) is 10.3. The van der Waals surface area contributed by atoms with E-state index in [9.17, 15) is 4.79 Å². The largest absolute Gasteiger partial charge is 0.489 e. The number of nitrogens with zero attached hydrogens (tertiary/aromatic N) is 3. The summed E-state index contributed by atoms with van der Waals surface area (Å²) in [5.74, 6) is 1.50. The Hall–Kier alpha value is -2.94. The van der Waals surface area contributed by atoms with Crippen molar-refractivity contribution in [2.24, 2.45) is 10.8 Å². The lowest BCUT2D eigenvalue weighted by molar-refractivity contribution is -0.164. The molecule has 6 nitrogen and oxygen atoms in total. The van der Waals surface area contributed by atoms with Gasteiger partial charge in [0, 0.05) is 35.2 Å². The quantitative estimate of drug-likeness (QED) is 0.795. The van der Waals surface area contributed by atoms with Crippen LogP contribution in [-0.2, 0) is 0 Å². The third-order valence-electron chi connectivity index (χ3n) is 6.14. The van der Waals surface area contributed by atoms with Crippen LogP contribution in [-0.4, -0.2) is 28.0 Å². The lowest BCUT2D eigenvalue weighted by atomic mass is 9.49. The number of benzene rings is 1. The number of aryl methyl sites for hydroxylation is 1. The summed E-state index contributed by atoms with van der Waals surface area (Å²) in [6, 6.07) is 7.60. The smallest absolute Gasteiger partial charge is 0.254 e. The van der Waals surface area contributed by atoms with Crippen LogP contribution in [0.25, 0.3) is 0 Å². The second-order valence-corrected chi connectivity index (χ2v) is 9.62. The molecule has 1 heterocycles. The van der Waals surface area contributed by atoms with E-state index < -0.39 is 0 Å². The Morgan fingerprint density at radius 1 is 1.17 bits per heavy atom. The number of aromatic nitrogens is 2. The minimum absolute atomic E-state index is 0.0771. The van der Waals surface area contributed by atoms with Gasteiger partial charge in [-0.15, -0.1) is 0 Å². The molecule has 158 valence electrons. The number of hydrogen-bond acceptors (Lipinski definition) is 5. The molecule has 0 radical (unpaired) electrons. The Balaban J connectivity index is 1.74. The fraction of sp³-hybridized carbons (Fsp3) is 0.500. The lowest BCUT2D eigenvalue weighted by Crippen LogP contribution is -2.74. The number of amides is 1. The second kappa shape index (κ2) is 7.71. The highest BCUT2D eigenvalue weighted by molar-refractivity contribution is 5.94. The minimum Gasteiger partial charge on any atom is -0.489 e. The summed E-state index contributed by atoms with van der Waals surface area (Å²) in [4.78, 5) is 21.4. The summed E-state index contributed by atoms with van der Waals surface area (Å²) < 4.78 is 6.34. The predicted octanol–water partition coefficient (Wildman–Crippen LogP) is 4.39. The molecule has 0 atom stereocenters. The molecule has 1 aliphatic carbocycles. The van der Waals surface area contributed by atoms with E-state index in [1.807, 2.05) is 32.9 Å². The fourth-order valence-electron chi connectivity index (χ4n) is 4.74. The fourth-order valence-corrected chi connectivity index (χ4v) is 4.74. The number of rotatable bonds is 5. The molecule has 3 rings (SSSR count). The number of hydrogen-bond donors (Lipinski definition) is 1. The van der Waals surface area contributed by atoms with Crippen molar-refractivity contribution in [1.82, 2.24) is 15.3 Å². The van der Waals surface area contributed by atoms with Crippen molar-refractivity contribution in [3.05, 3.63) is 53.1 Å². The van der Waals surface area contributed by atoms with Crippen molar-refractivity contribution in [2.45, 2.75) is 66.5 Å². The van der Waals surface area contributed by atoms with E-state index in [4.69, 9.17) is 10.00 Å². The monoisotopic (exact) mass is 406 g/mol.